The van der Waals surface area contributed by atoms with Gasteiger partial charge in [-0.25, -0.2) is 9.18 Å². The first-order chi connectivity index (χ1) is 9.41. The van der Waals surface area contributed by atoms with Crippen LogP contribution in [0.4, 0.5) is 10.1 Å². The number of hydrogen-bond donors (Lipinski definition) is 2. The molecule has 0 atom stereocenters. The second-order valence-electron chi connectivity index (χ2n) is 3.68. The maximum atomic E-state index is 12.3. The number of anilines is 1. The maximum Gasteiger partial charge on any atom is 0.337 e. The minimum atomic E-state index is -0.988. The summed E-state index contributed by atoms with van der Waals surface area (Å²) in [6.45, 7) is 0. The second-order valence-corrected chi connectivity index (χ2v) is 4.02. The third kappa shape index (κ3) is 4.70. The van der Waals surface area contributed by atoms with E-state index in [9.17, 15) is 14.0 Å². The van der Waals surface area contributed by atoms with Gasteiger partial charge < -0.3 is 10.8 Å². The number of carbonyl (C=O) groups is 2. The van der Waals surface area contributed by atoms with E-state index in [-0.39, 0.29) is 11.1 Å². The molecule has 3 N–H and O–H groups in total. The van der Waals surface area contributed by atoms with Crippen LogP contribution in [0, 0.1) is 5.82 Å². The van der Waals surface area contributed by atoms with Crippen molar-refractivity contribution in [2.45, 2.75) is 0 Å². The molecule has 2 aromatic carbocycles. The van der Waals surface area contributed by atoms with E-state index in [1.165, 1.54) is 24.3 Å². The summed E-state index contributed by atoms with van der Waals surface area (Å²) >= 11 is 5.07. The van der Waals surface area contributed by atoms with Crippen LogP contribution in [0.2, 0.25) is 0 Å². The summed E-state index contributed by atoms with van der Waals surface area (Å²) in [5, 5.41) is 7.85. The van der Waals surface area contributed by atoms with Gasteiger partial charge in [-0.05, 0) is 41.9 Å². The van der Waals surface area contributed by atoms with E-state index in [0.29, 0.717) is 5.69 Å². The summed E-state index contributed by atoms with van der Waals surface area (Å²) < 4.78 is 12.3. The summed E-state index contributed by atoms with van der Waals surface area (Å²) in [4.78, 5) is 20.7. The lowest BCUT2D eigenvalue weighted by molar-refractivity contribution is 0.0698. The van der Waals surface area contributed by atoms with Gasteiger partial charge in [0.2, 0.25) is 0 Å². The van der Waals surface area contributed by atoms with Gasteiger partial charge in [-0.1, -0.05) is 18.2 Å². The Balaban J connectivity index is 0.000000200. The number of carbonyl (C=O) groups excluding carboxylic acids is 1. The van der Waals surface area contributed by atoms with Gasteiger partial charge in [0.1, 0.15) is 5.82 Å². The summed E-state index contributed by atoms with van der Waals surface area (Å²) in [6.07, 6.45) is 0. The van der Waals surface area contributed by atoms with Crippen LogP contribution in [-0.4, -0.2) is 16.3 Å². The molecule has 0 aliphatic rings. The van der Waals surface area contributed by atoms with E-state index >= 15 is 0 Å². The largest absolute Gasteiger partial charge is 0.478 e. The van der Waals surface area contributed by atoms with E-state index in [0.717, 1.165) is 6.07 Å². The molecular formula is C14H11ClFNO3. The topological polar surface area (TPSA) is 80.4 Å². The summed E-state index contributed by atoms with van der Waals surface area (Å²) in [5.41, 5.74) is 5.98. The molecule has 4 nitrogen and oxygen atoms in total. The highest BCUT2D eigenvalue weighted by molar-refractivity contribution is 6.67. The lowest BCUT2D eigenvalue weighted by atomic mass is 10.2. The third-order valence-corrected chi connectivity index (χ3v) is 2.46. The molecular weight excluding hydrogens is 285 g/mol. The minimum absolute atomic E-state index is 0.155. The number of aromatic carboxylic acids is 1. The zero-order valence-corrected chi connectivity index (χ0v) is 11.0. The quantitative estimate of drug-likeness (QED) is 0.658. The van der Waals surface area contributed by atoms with Gasteiger partial charge in [-0.15, -0.1) is 0 Å². The Morgan fingerprint density at radius 3 is 2.15 bits per heavy atom. The van der Waals surface area contributed by atoms with Crippen LogP contribution < -0.4 is 5.73 Å². The highest BCUT2D eigenvalue weighted by atomic mass is 35.5. The van der Waals surface area contributed by atoms with Crippen molar-refractivity contribution in [3.05, 3.63) is 65.5 Å². The first-order valence-corrected chi connectivity index (χ1v) is 5.83. The van der Waals surface area contributed by atoms with Gasteiger partial charge >= 0.3 is 5.97 Å². The predicted octanol–water partition coefficient (Wildman–Crippen LogP) is 3.17. The molecule has 6 heteroatoms. The van der Waals surface area contributed by atoms with Gasteiger partial charge in [-0.2, -0.15) is 0 Å². The Bertz CT molecular complexity index is 631. The number of hydrogen-bond acceptors (Lipinski definition) is 3. The Morgan fingerprint density at radius 1 is 1.10 bits per heavy atom. The van der Waals surface area contributed by atoms with Crippen LogP contribution in [0.5, 0.6) is 0 Å². The van der Waals surface area contributed by atoms with E-state index < -0.39 is 17.0 Å². The van der Waals surface area contributed by atoms with Crippen molar-refractivity contribution in [1.82, 2.24) is 0 Å². The summed E-state index contributed by atoms with van der Waals surface area (Å²) in [5.74, 6) is -1.44. The molecule has 104 valence electrons. The van der Waals surface area contributed by atoms with Crippen LogP contribution in [0.15, 0.2) is 48.5 Å². The van der Waals surface area contributed by atoms with Crippen molar-refractivity contribution in [2.24, 2.45) is 0 Å². The van der Waals surface area contributed by atoms with E-state index in [2.05, 4.69) is 0 Å². The molecule has 0 radical (unpaired) electrons. The number of rotatable bonds is 2. The lowest BCUT2D eigenvalue weighted by Gasteiger charge is -1.96. The summed E-state index contributed by atoms with van der Waals surface area (Å²) in [6, 6.07) is 11.6. The zero-order chi connectivity index (χ0) is 15.1. The van der Waals surface area contributed by atoms with Crippen LogP contribution >= 0.6 is 11.6 Å². The normalized spacial score (nSPS) is 9.30. The Morgan fingerprint density at radius 2 is 1.75 bits per heavy atom. The molecule has 0 bridgehead atoms. The average Bonchev–Trinajstić information content (AvgIpc) is 2.39. The molecule has 0 amide bonds. The number of nitrogen functional groups attached to an aromatic ring is 1. The fraction of sp³-hybridized carbons (Fsp3) is 0. The molecule has 0 spiro atoms. The van der Waals surface area contributed by atoms with Crippen LogP contribution in [0.3, 0.4) is 0 Å². The van der Waals surface area contributed by atoms with E-state index in [1.54, 1.807) is 18.2 Å². The predicted molar refractivity (Wildman–Crippen MR) is 74.4 cm³/mol. The molecule has 0 saturated heterocycles. The fourth-order valence-electron chi connectivity index (χ4n) is 1.30. The van der Waals surface area contributed by atoms with Crippen molar-refractivity contribution in [1.29, 1.82) is 0 Å². The van der Waals surface area contributed by atoms with E-state index in [1.807, 2.05) is 0 Å². The first kappa shape index (κ1) is 15.7. The van der Waals surface area contributed by atoms with Crippen LogP contribution in [0.1, 0.15) is 20.7 Å². The van der Waals surface area contributed by atoms with Crippen LogP contribution in [-0.2, 0) is 0 Å². The zero-order valence-electron chi connectivity index (χ0n) is 10.2. The van der Waals surface area contributed by atoms with Gasteiger partial charge in [0.15, 0.2) is 0 Å². The standard InChI is InChI=1S/C7H4ClFO.C7H7NO2/c8-7(10)5-2-1-3-6(9)4-5;8-6-4-2-1-3-5(6)7(9)10/h1-4H;1-4H,8H2,(H,9,10). The lowest BCUT2D eigenvalue weighted by Crippen LogP contribution is -2.00. The first-order valence-electron chi connectivity index (χ1n) is 5.45. The Hall–Kier alpha value is -2.40. The molecule has 0 fully saturated rings. The molecule has 0 unspecified atom stereocenters. The Kier molecular flexibility index (Phi) is 5.68. The minimum Gasteiger partial charge on any atom is -0.478 e. The van der Waals surface area contributed by atoms with Gasteiger partial charge in [0.25, 0.3) is 5.24 Å². The number of benzene rings is 2. The second kappa shape index (κ2) is 7.25. The van der Waals surface area contributed by atoms with Crippen molar-refractivity contribution in [2.75, 3.05) is 5.73 Å². The van der Waals surface area contributed by atoms with Gasteiger partial charge in [-0.3, -0.25) is 4.79 Å². The number of carboxylic acids is 1. The van der Waals surface area contributed by atoms with Crippen LogP contribution in [0.25, 0.3) is 0 Å². The Labute approximate surface area is 119 Å². The third-order valence-electron chi connectivity index (χ3n) is 2.24. The molecule has 2 aromatic rings. The van der Waals surface area contributed by atoms with Crippen molar-refractivity contribution in [3.63, 3.8) is 0 Å². The van der Waals surface area contributed by atoms with E-state index in [4.69, 9.17) is 22.4 Å². The molecule has 0 saturated carbocycles. The number of halogens is 2. The highest BCUT2D eigenvalue weighted by Gasteiger charge is 2.03. The maximum absolute atomic E-state index is 12.3. The number of carboxylic acid groups (broad SMARTS) is 1. The molecule has 0 heterocycles. The molecule has 0 aromatic heterocycles. The fourth-order valence-corrected chi connectivity index (χ4v) is 1.42. The van der Waals surface area contributed by atoms with Gasteiger partial charge in [0.05, 0.1) is 5.56 Å². The number of nitrogens with two attached hydrogens (primary N) is 1. The molecule has 0 aliphatic carbocycles. The average molecular weight is 296 g/mol. The molecule has 2 rings (SSSR count). The molecule has 0 aliphatic heterocycles. The SMILES string of the molecule is Nc1ccccc1C(=O)O.O=C(Cl)c1cccc(F)c1. The highest BCUT2D eigenvalue weighted by Crippen LogP contribution is 2.09. The van der Waals surface area contributed by atoms with Crippen molar-refractivity contribution >= 4 is 28.5 Å². The number of para-hydroxylation sites is 1. The molecule has 20 heavy (non-hydrogen) atoms. The van der Waals surface area contributed by atoms with Gasteiger partial charge in [0, 0.05) is 11.3 Å². The van der Waals surface area contributed by atoms with Crippen molar-refractivity contribution < 1.29 is 19.1 Å². The smallest absolute Gasteiger partial charge is 0.337 e. The summed E-state index contributed by atoms with van der Waals surface area (Å²) in [7, 11) is 0. The monoisotopic (exact) mass is 295 g/mol. The van der Waals surface area contributed by atoms with Crippen molar-refractivity contribution in [3.8, 4) is 0 Å².